The molecule has 0 aliphatic rings. The molecule has 1 aromatic rings. The first-order chi connectivity index (χ1) is 4.61. The molecule has 62 valence electrons. The Morgan fingerprint density at radius 3 is 1.82 bits per heavy atom. The van der Waals surface area contributed by atoms with Crippen molar-refractivity contribution in [1.29, 1.82) is 0 Å². The van der Waals surface area contributed by atoms with E-state index < -0.39 is 10.0 Å². The highest BCUT2D eigenvalue weighted by Gasteiger charge is 2.03. The van der Waals surface area contributed by atoms with Crippen LogP contribution < -0.4 is 5.14 Å². The van der Waals surface area contributed by atoms with E-state index in [1.807, 2.05) is 0 Å². The zero-order valence-electron chi connectivity index (χ0n) is 5.60. The first-order valence-electron chi connectivity index (χ1n) is 2.68. The van der Waals surface area contributed by atoms with Gasteiger partial charge in [0.15, 0.2) is 0 Å². The average molecular weight is 285 g/mol. The fraction of sp³-hybridized carbons (Fsp3) is 0. The smallest absolute Gasteiger partial charge is 0.225 e. The van der Waals surface area contributed by atoms with E-state index in [9.17, 15) is 8.42 Å². The maximum Gasteiger partial charge on any atom is 0.238 e. The first kappa shape index (κ1) is 10.9. The molecule has 5 heteroatoms. The van der Waals surface area contributed by atoms with Gasteiger partial charge < -0.3 is 0 Å². The second kappa shape index (κ2) is 4.03. The van der Waals surface area contributed by atoms with Crippen LogP contribution in [0.15, 0.2) is 35.2 Å². The molecule has 2 N–H and O–H groups in total. The number of sulfonamides is 1. The van der Waals surface area contributed by atoms with Crippen molar-refractivity contribution in [1.82, 2.24) is 0 Å². The molecule has 1 aromatic carbocycles. The summed E-state index contributed by atoms with van der Waals surface area (Å²) < 4.78 is 21.2. The fourth-order valence-electron chi connectivity index (χ4n) is 0.610. The molecule has 0 atom stereocenters. The van der Waals surface area contributed by atoms with Gasteiger partial charge in [0.25, 0.3) is 0 Å². The zero-order chi connectivity index (χ0) is 7.61. The molecule has 0 aliphatic heterocycles. The topological polar surface area (TPSA) is 60.2 Å². The third kappa shape index (κ3) is 3.17. The van der Waals surface area contributed by atoms with E-state index in [4.69, 9.17) is 5.14 Å². The summed E-state index contributed by atoms with van der Waals surface area (Å²) in [6.45, 7) is 0. The second-order valence-corrected chi connectivity index (χ2v) is 3.42. The van der Waals surface area contributed by atoms with E-state index in [1.54, 1.807) is 18.2 Å². The van der Waals surface area contributed by atoms with Gasteiger partial charge in [-0.15, -0.1) is 24.0 Å². The Bertz CT molecular complexity index is 309. The molecule has 0 saturated heterocycles. The van der Waals surface area contributed by atoms with Crippen molar-refractivity contribution in [3.8, 4) is 0 Å². The Morgan fingerprint density at radius 1 is 1.09 bits per heavy atom. The van der Waals surface area contributed by atoms with Gasteiger partial charge in [-0.1, -0.05) is 18.2 Å². The van der Waals surface area contributed by atoms with Crippen molar-refractivity contribution in [2.45, 2.75) is 4.90 Å². The molecular weight excluding hydrogens is 277 g/mol. The van der Waals surface area contributed by atoms with Gasteiger partial charge in [0.05, 0.1) is 4.90 Å². The molecule has 0 fully saturated rings. The highest BCUT2D eigenvalue weighted by Crippen LogP contribution is 2.02. The minimum atomic E-state index is -3.50. The molecular formula is C6H8INO2S. The van der Waals surface area contributed by atoms with Crippen molar-refractivity contribution in [3.05, 3.63) is 30.3 Å². The molecule has 0 heterocycles. The SMILES string of the molecule is I.NS(=O)(=O)c1ccccc1. The van der Waals surface area contributed by atoms with Gasteiger partial charge in [-0.25, -0.2) is 13.6 Å². The van der Waals surface area contributed by atoms with E-state index in [0.717, 1.165) is 0 Å². The van der Waals surface area contributed by atoms with Crippen LogP contribution in [0.2, 0.25) is 0 Å². The predicted octanol–water partition coefficient (Wildman–Crippen LogP) is 0.952. The lowest BCUT2D eigenvalue weighted by Gasteiger charge is -1.93. The zero-order valence-corrected chi connectivity index (χ0v) is 8.74. The molecule has 0 amide bonds. The number of halogens is 1. The number of hydrogen-bond acceptors (Lipinski definition) is 2. The molecule has 0 bridgehead atoms. The summed E-state index contributed by atoms with van der Waals surface area (Å²) in [5.74, 6) is 0. The van der Waals surface area contributed by atoms with E-state index in [0.29, 0.717) is 0 Å². The van der Waals surface area contributed by atoms with Crippen LogP contribution in [0.25, 0.3) is 0 Å². The maximum atomic E-state index is 10.6. The second-order valence-electron chi connectivity index (χ2n) is 1.86. The molecule has 0 saturated carbocycles. The highest BCUT2D eigenvalue weighted by atomic mass is 127. The summed E-state index contributed by atoms with van der Waals surface area (Å²) in [5, 5.41) is 4.83. The van der Waals surface area contributed by atoms with Crippen molar-refractivity contribution in [3.63, 3.8) is 0 Å². The lowest BCUT2D eigenvalue weighted by atomic mass is 10.4. The average Bonchev–Trinajstić information content (AvgIpc) is 1.88. The van der Waals surface area contributed by atoms with Crippen molar-refractivity contribution >= 4 is 34.0 Å². The Balaban J connectivity index is 0.000001000. The Kier molecular flexibility index (Phi) is 3.98. The van der Waals surface area contributed by atoms with Gasteiger partial charge in [-0.2, -0.15) is 0 Å². The van der Waals surface area contributed by atoms with Crippen molar-refractivity contribution in [2.24, 2.45) is 5.14 Å². The third-order valence-corrected chi connectivity index (χ3v) is 2.00. The summed E-state index contributed by atoms with van der Waals surface area (Å²) >= 11 is 0. The summed E-state index contributed by atoms with van der Waals surface area (Å²) in [5.41, 5.74) is 0. The lowest BCUT2D eigenvalue weighted by molar-refractivity contribution is 0.598. The minimum absolute atomic E-state index is 0. The maximum absolute atomic E-state index is 10.6. The fourth-order valence-corrected chi connectivity index (χ4v) is 1.15. The van der Waals surface area contributed by atoms with Gasteiger partial charge in [0.1, 0.15) is 0 Å². The summed E-state index contributed by atoms with van der Waals surface area (Å²) in [4.78, 5) is 0.148. The Morgan fingerprint density at radius 2 is 1.55 bits per heavy atom. The van der Waals surface area contributed by atoms with Crippen molar-refractivity contribution in [2.75, 3.05) is 0 Å². The van der Waals surface area contributed by atoms with Crippen LogP contribution in [-0.4, -0.2) is 8.42 Å². The summed E-state index contributed by atoms with van der Waals surface area (Å²) in [7, 11) is -3.50. The molecule has 0 aromatic heterocycles. The van der Waals surface area contributed by atoms with Crippen LogP contribution >= 0.6 is 24.0 Å². The van der Waals surface area contributed by atoms with Crippen LogP contribution in [0.1, 0.15) is 0 Å². The lowest BCUT2D eigenvalue weighted by Crippen LogP contribution is -2.11. The largest absolute Gasteiger partial charge is 0.238 e. The number of benzene rings is 1. The number of nitrogens with two attached hydrogens (primary N) is 1. The van der Waals surface area contributed by atoms with Gasteiger partial charge in [-0.05, 0) is 12.1 Å². The first-order valence-corrected chi connectivity index (χ1v) is 4.23. The van der Waals surface area contributed by atoms with E-state index in [2.05, 4.69) is 0 Å². The van der Waals surface area contributed by atoms with Gasteiger partial charge in [-0.3, -0.25) is 0 Å². The summed E-state index contributed by atoms with van der Waals surface area (Å²) in [6, 6.07) is 7.89. The van der Waals surface area contributed by atoms with Gasteiger partial charge >= 0.3 is 0 Å². The minimum Gasteiger partial charge on any atom is -0.225 e. The third-order valence-electron chi connectivity index (χ3n) is 1.07. The molecule has 0 radical (unpaired) electrons. The van der Waals surface area contributed by atoms with Crippen LogP contribution in [0, 0.1) is 0 Å². The Hall–Kier alpha value is -0.140. The number of hydrogen-bond donors (Lipinski definition) is 1. The molecule has 1 rings (SSSR count). The molecule has 0 aliphatic carbocycles. The normalized spacial score (nSPS) is 10.3. The van der Waals surface area contributed by atoms with Crippen molar-refractivity contribution < 1.29 is 8.42 Å². The molecule has 0 unspecified atom stereocenters. The molecule has 3 nitrogen and oxygen atoms in total. The molecule has 0 spiro atoms. The monoisotopic (exact) mass is 285 g/mol. The van der Waals surface area contributed by atoms with Crippen LogP contribution in [0.5, 0.6) is 0 Å². The van der Waals surface area contributed by atoms with E-state index in [-0.39, 0.29) is 28.9 Å². The highest BCUT2D eigenvalue weighted by molar-refractivity contribution is 14.0. The molecule has 11 heavy (non-hydrogen) atoms. The predicted molar refractivity (Wildman–Crippen MR) is 53.2 cm³/mol. The quantitative estimate of drug-likeness (QED) is 0.781. The van der Waals surface area contributed by atoms with Crippen LogP contribution in [0.4, 0.5) is 0 Å². The summed E-state index contributed by atoms with van der Waals surface area (Å²) in [6.07, 6.45) is 0. The standard InChI is InChI=1S/C6H7NO2S.HI/c7-10(8,9)6-4-2-1-3-5-6;/h1-5H,(H2,7,8,9);1H. The van der Waals surface area contributed by atoms with E-state index >= 15 is 0 Å². The van der Waals surface area contributed by atoms with Crippen LogP contribution in [0.3, 0.4) is 0 Å². The number of rotatable bonds is 1. The van der Waals surface area contributed by atoms with Crippen LogP contribution in [-0.2, 0) is 10.0 Å². The van der Waals surface area contributed by atoms with Gasteiger partial charge in [0.2, 0.25) is 10.0 Å². The number of primary sulfonamides is 1. The van der Waals surface area contributed by atoms with Gasteiger partial charge in [0, 0.05) is 0 Å². The van der Waals surface area contributed by atoms with E-state index in [1.165, 1.54) is 12.1 Å². The Labute approximate surface area is 82.7 Å².